The van der Waals surface area contributed by atoms with E-state index in [0.717, 1.165) is 17.1 Å². The van der Waals surface area contributed by atoms with Crippen molar-refractivity contribution in [1.29, 1.82) is 0 Å². The maximum absolute atomic E-state index is 11.4. The standard InChI is InChI=1S/C12H13ClN4OS/c1-17(6-7-2-4-8(13)5-3-7)12-9(11(15)18)10(14)16-19-12/h2-5H,6H2,1H3,(H2,14,16)(H2,15,18). The van der Waals surface area contributed by atoms with Crippen molar-refractivity contribution < 1.29 is 4.79 Å². The molecular formula is C12H13ClN4OS. The molecule has 0 unspecified atom stereocenters. The fourth-order valence-electron chi connectivity index (χ4n) is 1.72. The van der Waals surface area contributed by atoms with Gasteiger partial charge in [0.15, 0.2) is 5.82 Å². The van der Waals surface area contributed by atoms with E-state index in [9.17, 15) is 4.79 Å². The highest BCUT2D eigenvalue weighted by molar-refractivity contribution is 7.11. The Morgan fingerprint density at radius 2 is 2.05 bits per heavy atom. The van der Waals surface area contributed by atoms with Crippen molar-refractivity contribution in [3.05, 3.63) is 40.4 Å². The Balaban J connectivity index is 2.23. The van der Waals surface area contributed by atoms with Crippen LogP contribution in [0.4, 0.5) is 10.8 Å². The summed E-state index contributed by atoms with van der Waals surface area (Å²) in [5, 5.41) is 1.35. The number of hydrogen-bond acceptors (Lipinski definition) is 5. The maximum Gasteiger partial charge on any atom is 0.255 e. The second kappa shape index (κ2) is 5.46. The van der Waals surface area contributed by atoms with E-state index < -0.39 is 5.91 Å². The first-order valence-corrected chi connectivity index (χ1v) is 6.64. The number of anilines is 2. The highest BCUT2D eigenvalue weighted by atomic mass is 35.5. The van der Waals surface area contributed by atoms with Gasteiger partial charge in [0.1, 0.15) is 10.6 Å². The summed E-state index contributed by atoms with van der Waals surface area (Å²) in [6.45, 7) is 0.610. The van der Waals surface area contributed by atoms with Crippen LogP contribution in [-0.2, 0) is 6.54 Å². The van der Waals surface area contributed by atoms with E-state index in [4.69, 9.17) is 23.1 Å². The third-order valence-electron chi connectivity index (χ3n) is 2.63. The Kier molecular flexibility index (Phi) is 3.92. The Labute approximate surface area is 119 Å². The smallest absolute Gasteiger partial charge is 0.255 e. The number of nitrogen functional groups attached to an aromatic ring is 1. The van der Waals surface area contributed by atoms with Crippen molar-refractivity contribution in [2.75, 3.05) is 17.7 Å². The maximum atomic E-state index is 11.4. The highest BCUT2D eigenvalue weighted by Crippen LogP contribution is 2.30. The van der Waals surface area contributed by atoms with Gasteiger partial charge in [0.25, 0.3) is 5.91 Å². The summed E-state index contributed by atoms with van der Waals surface area (Å²) in [4.78, 5) is 13.3. The van der Waals surface area contributed by atoms with Crippen LogP contribution in [0.2, 0.25) is 5.02 Å². The molecule has 0 aliphatic heterocycles. The number of primary amides is 1. The first-order chi connectivity index (χ1) is 8.99. The summed E-state index contributed by atoms with van der Waals surface area (Å²) < 4.78 is 3.97. The molecule has 1 amide bonds. The highest BCUT2D eigenvalue weighted by Gasteiger charge is 2.19. The van der Waals surface area contributed by atoms with Gasteiger partial charge < -0.3 is 16.4 Å². The van der Waals surface area contributed by atoms with Gasteiger partial charge in [-0.25, -0.2) is 0 Å². The van der Waals surface area contributed by atoms with E-state index in [1.807, 2.05) is 36.2 Å². The molecule has 0 saturated carbocycles. The summed E-state index contributed by atoms with van der Waals surface area (Å²) in [6.07, 6.45) is 0. The lowest BCUT2D eigenvalue weighted by atomic mass is 10.2. The Bertz CT molecular complexity index is 596. The van der Waals surface area contributed by atoms with Gasteiger partial charge in [-0.05, 0) is 29.2 Å². The fourth-order valence-corrected chi connectivity index (χ4v) is 2.62. The quantitative estimate of drug-likeness (QED) is 0.905. The molecule has 2 aromatic rings. The number of nitrogens with zero attached hydrogens (tertiary/aromatic N) is 2. The molecule has 100 valence electrons. The van der Waals surface area contributed by atoms with E-state index in [1.165, 1.54) is 0 Å². The van der Waals surface area contributed by atoms with E-state index in [0.29, 0.717) is 16.6 Å². The number of halogens is 1. The van der Waals surface area contributed by atoms with Crippen molar-refractivity contribution in [1.82, 2.24) is 4.37 Å². The van der Waals surface area contributed by atoms with Gasteiger partial charge in [-0.3, -0.25) is 4.79 Å². The number of rotatable bonds is 4. The number of carbonyl (C=O) groups is 1. The molecule has 1 aromatic carbocycles. The first-order valence-electron chi connectivity index (χ1n) is 5.49. The van der Waals surface area contributed by atoms with Crippen LogP contribution in [-0.4, -0.2) is 17.3 Å². The molecular weight excluding hydrogens is 284 g/mol. The molecule has 0 saturated heterocycles. The van der Waals surface area contributed by atoms with Crippen LogP contribution in [0.5, 0.6) is 0 Å². The molecule has 1 heterocycles. The SMILES string of the molecule is CN(Cc1ccc(Cl)cc1)c1snc(N)c1C(N)=O. The zero-order valence-corrected chi connectivity index (χ0v) is 11.8. The predicted molar refractivity (Wildman–Crippen MR) is 78.6 cm³/mol. The second-order valence-electron chi connectivity index (χ2n) is 4.09. The van der Waals surface area contributed by atoms with E-state index in [-0.39, 0.29) is 11.4 Å². The van der Waals surface area contributed by atoms with Crippen molar-refractivity contribution in [3.8, 4) is 0 Å². The third-order valence-corrected chi connectivity index (χ3v) is 3.86. The zero-order valence-electron chi connectivity index (χ0n) is 10.3. The van der Waals surface area contributed by atoms with Crippen LogP contribution < -0.4 is 16.4 Å². The zero-order chi connectivity index (χ0) is 14.0. The summed E-state index contributed by atoms with van der Waals surface area (Å²) in [6, 6.07) is 7.49. The first kappa shape index (κ1) is 13.6. The minimum atomic E-state index is -0.566. The van der Waals surface area contributed by atoms with Crippen molar-refractivity contribution in [2.45, 2.75) is 6.54 Å². The molecule has 0 aliphatic rings. The minimum Gasteiger partial charge on any atom is -0.382 e. The van der Waals surface area contributed by atoms with Gasteiger partial charge in [-0.15, -0.1) is 0 Å². The lowest BCUT2D eigenvalue weighted by Gasteiger charge is -2.18. The molecule has 0 fully saturated rings. The van der Waals surface area contributed by atoms with Crippen LogP contribution in [0.15, 0.2) is 24.3 Å². The number of hydrogen-bond donors (Lipinski definition) is 2. The minimum absolute atomic E-state index is 0.176. The average Bonchev–Trinajstić information content (AvgIpc) is 2.74. The van der Waals surface area contributed by atoms with E-state index in [1.54, 1.807) is 0 Å². The van der Waals surface area contributed by atoms with Crippen molar-refractivity contribution >= 4 is 39.9 Å². The van der Waals surface area contributed by atoms with Gasteiger partial charge in [0, 0.05) is 18.6 Å². The molecule has 19 heavy (non-hydrogen) atoms. The van der Waals surface area contributed by atoms with Crippen LogP contribution in [0, 0.1) is 0 Å². The predicted octanol–water partition coefficient (Wildman–Crippen LogP) is 2.11. The Morgan fingerprint density at radius 3 is 2.63 bits per heavy atom. The molecule has 0 bridgehead atoms. The number of carbonyl (C=O) groups excluding carboxylic acids is 1. The number of aromatic nitrogens is 1. The molecule has 2 rings (SSSR count). The summed E-state index contributed by atoms with van der Waals surface area (Å²) in [7, 11) is 1.86. The van der Waals surface area contributed by atoms with Gasteiger partial charge in [0.2, 0.25) is 0 Å². The van der Waals surface area contributed by atoms with Gasteiger partial charge >= 0.3 is 0 Å². The largest absolute Gasteiger partial charge is 0.382 e. The van der Waals surface area contributed by atoms with E-state index >= 15 is 0 Å². The Hall–Kier alpha value is -1.79. The van der Waals surface area contributed by atoms with Crippen LogP contribution in [0.3, 0.4) is 0 Å². The van der Waals surface area contributed by atoms with Crippen molar-refractivity contribution in [2.24, 2.45) is 5.73 Å². The lowest BCUT2D eigenvalue weighted by molar-refractivity contribution is 0.100. The summed E-state index contributed by atoms with van der Waals surface area (Å²) in [5.74, 6) is -0.389. The van der Waals surface area contributed by atoms with Gasteiger partial charge in [0.05, 0.1) is 0 Å². The number of amides is 1. The lowest BCUT2D eigenvalue weighted by Crippen LogP contribution is -2.21. The second-order valence-corrected chi connectivity index (χ2v) is 5.28. The molecule has 0 radical (unpaired) electrons. The number of benzene rings is 1. The molecule has 0 spiro atoms. The van der Waals surface area contributed by atoms with E-state index in [2.05, 4.69) is 4.37 Å². The monoisotopic (exact) mass is 296 g/mol. The topological polar surface area (TPSA) is 85.2 Å². The fraction of sp³-hybridized carbons (Fsp3) is 0.167. The van der Waals surface area contributed by atoms with Gasteiger partial charge in [-0.2, -0.15) is 4.37 Å². The van der Waals surface area contributed by atoms with Crippen LogP contribution >= 0.6 is 23.1 Å². The normalized spacial score (nSPS) is 10.4. The van der Waals surface area contributed by atoms with Crippen molar-refractivity contribution in [3.63, 3.8) is 0 Å². The molecule has 5 nitrogen and oxygen atoms in total. The molecule has 0 aliphatic carbocycles. The molecule has 7 heteroatoms. The summed E-state index contributed by atoms with van der Waals surface area (Å²) in [5.41, 5.74) is 12.3. The van der Waals surface area contributed by atoms with Gasteiger partial charge in [-0.1, -0.05) is 23.7 Å². The molecule has 1 aromatic heterocycles. The molecule has 4 N–H and O–H groups in total. The average molecular weight is 297 g/mol. The molecule has 0 atom stereocenters. The third kappa shape index (κ3) is 2.97. The summed E-state index contributed by atoms with van der Waals surface area (Å²) >= 11 is 7.00. The number of nitrogens with two attached hydrogens (primary N) is 2. The van der Waals surface area contributed by atoms with Crippen LogP contribution in [0.25, 0.3) is 0 Å². The van der Waals surface area contributed by atoms with Crippen LogP contribution in [0.1, 0.15) is 15.9 Å². The Morgan fingerprint density at radius 1 is 1.42 bits per heavy atom.